The first-order valence-corrected chi connectivity index (χ1v) is 7.89. The zero-order valence-electron chi connectivity index (χ0n) is 11.1. The van der Waals surface area contributed by atoms with E-state index in [1.807, 2.05) is 11.8 Å². The van der Waals surface area contributed by atoms with Crippen LogP contribution >= 0.6 is 11.8 Å². The fourth-order valence-corrected chi connectivity index (χ4v) is 4.15. The second-order valence-electron chi connectivity index (χ2n) is 4.84. The van der Waals surface area contributed by atoms with Crippen molar-refractivity contribution in [3.63, 3.8) is 0 Å². The second-order valence-corrected chi connectivity index (χ2v) is 6.19. The van der Waals surface area contributed by atoms with Crippen LogP contribution in [0.15, 0.2) is 24.3 Å². The summed E-state index contributed by atoms with van der Waals surface area (Å²) in [5.74, 6) is 1.06. The number of fused-ring (bicyclic) bond motifs is 1. The first kappa shape index (κ1) is 13.9. The normalized spacial score (nSPS) is 23.4. The highest BCUT2D eigenvalue weighted by Crippen LogP contribution is 2.35. The first-order valence-electron chi connectivity index (χ1n) is 6.84. The van der Waals surface area contributed by atoms with Crippen LogP contribution in [-0.2, 0) is 6.42 Å². The summed E-state index contributed by atoms with van der Waals surface area (Å²) >= 11 is 2.01. The lowest BCUT2D eigenvalue weighted by molar-refractivity contribution is 0.296. The molecule has 0 heterocycles. The molecule has 1 aliphatic carbocycles. The number of benzene rings is 1. The van der Waals surface area contributed by atoms with E-state index in [0.29, 0.717) is 17.9 Å². The number of rotatable bonds is 5. The molecule has 0 aliphatic heterocycles. The van der Waals surface area contributed by atoms with Gasteiger partial charge in [0.05, 0.1) is 0 Å². The Morgan fingerprint density at radius 2 is 2.22 bits per heavy atom. The summed E-state index contributed by atoms with van der Waals surface area (Å²) in [6.45, 7) is 0.306. The van der Waals surface area contributed by atoms with Crippen LogP contribution in [0.3, 0.4) is 0 Å². The Morgan fingerprint density at radius 1 is 1.39 bits per heavy atom. The van der Waals surface area contributed by atoms with Gasteiger partial charge in [-0.2, -0.15) is 11.8 Å². The molecule has 0 saturated heterocycles. The largest absolute Gasteiger partial charge is 0.396 e. The van der Waals surface area contributed by atoms with Gasteiger partial charge in [-0.25, -0.2) is 0 Å². The maximum absolute atomic E-state index is 8.90. The summed E-state index contributed by atoms with van der Waals surface area (Å²) in [5, 5.41) is 13.0. The molecular formula is C15H23NOS. The molecule has 2 rings (SSSR count). The second kappa shape index (κ2) is 7.17. The van der Waals surface area contributed by atoms with Crippen molar-refractivity contribution in [3.8, 4) is 0 Å². The van der Waals surface area contributed by atoms with Gasteiger partial charge in [0.15, 0.2) is 0 Å². The van der Waals surface area contributed by atoms with Gasteiger partial charge in [-0.1, -0.05) is 24.3 Å². The van der Waals surface area contributed by atoms with E-state index < -0.39 is 0 Å². The Kier molecular flexibility index (Phi) is 5.54. The molecule has 0 aromatic heterocycles. The molecule has 3 heteroatoms. The summed E-state index contributed by atoms with van der Waals surface area (Å²) in [6.07, 6.45) is 4.63. The smallest absolute Gasteiger partial charge is 0.0440 e. The van der Waals surface area contributed by atoms with Gasteiger partial charge < -0.3 is 10.4 Å². The Morgan fingerprint density at radius 3 is 3.00 bits per heavy atom. The van der Waals surface area contributed by atoms with Crippen LogP contribution in [-0.4, -0.2) is 29.8 Å². The number of hydrogen-bond acceptors (Lipinski definition) is 3. The molecule has 2 N–H and O–H groups in total. The molecular weight excluding hydrogens is 242 g/mol. The van der Waals surface area contributed by atoms with E-state index in [9.17, 15) is 0 Å². The average molecular weight is 265 g/mol. The fraction of sp³-hybridized carbons (Fsp3) is 0.600. The van der Waals surface area contributed by atoms with Crippen molar-refractivity contribution in [1.82, 2.24) is 5.32 Å². The van der Waals surface area contributed by atoms with E-state index in [2.05, 4.69) is 36.6 Å². The van der Waals surface area contributed by atoms with Crippen molar-refractivity contribution >= 4 is 11.8 Å². The maximum Gasteiger partial charge on any atom is 0.0440 e. The van der Waals surface area contributed by atoms with Crippen LogP contribution in [0.4, 0.5) is 0 Å². The van der Waals surface area contributed by atoms with Gasteiger partial charge in [0.2, 0.25) is 0 Å². The molecule has 1 aromatic rings. The molecule has 0 bridgehead atoms. The minimum Gasteiger partial charge on any atom is -0.396 e. The predicted molar refractivity (Wildman–Crippen MR) is 79.1 cm³/mol. The Balaban J connectivity index is 2.12. The monoisotopic (exact) mass is 265 g/mol. The quantitative estimate of drug-likeness (QED) is 0.634. The maximum atomic E-state index is 8.90. The summed E-state index contributed by atoms with van der Waals surface area (Å²) < 4.78 is 0. The van der Waals surface area contributed by atoms with E-state index in [1.165, 1.54) is 30.4 Å². The van der Waals surface area contributed by atoms with Gasteiger partial charge in [0.25, 0.3) is 0 Å². The van der Waals surface area contributed by atoms with E-state index in [0.717, 1.165) is 12.2 Å². The van der Waals surface area contributed by atoms with Crippen LogP contribution in [0.1, 0.15) is 36.4 Å². The third-order valence-electron chi connectivity index (χ3n) is 3.64. The minimum absolute atomic E-state index is 0.306. The molecule has 18 heavy (non-hydrogen) atoms. The molecule has 1 aromatic carbocycles. The van der Waals surface area contributed by atoms with E-state index in [4.69, 9.17) is 5.11 Å². The van der Waals surface area contributed by atoms with Gasteiger partial charge in [0.1, 0.15) is 0 Å². The highest BCUT2D eigenvalue weighted by atomic mass is 32.2. The number of hydrogen-bond donors (Lipinski definition) is 2. The van der Waals surface area contributed by atoms with Crippen molar-refractivity contribution in [2.75, 3.05) is 19.4 Å². The summed E-state index contributed by atoms with van der Waals surface area (Å²) in [6, 6.07) is 9.27. The van der Waals surface area contributed by atoms with E-state index >= 15 is 0 Å². The van der Waals surface area contributed by atoms with Crippen LogP contribution in [0.25, 0.3) is 0 Å². The highest BCUT2D eigenvalue weighted by Gasteiger charge is 2.26. The topological polar surface area (TPSA) is 32.3 Å². The molecule has 0 saturated carbocycles. The fourth-order valence-electron chi connectivity index (χ4n) is 2.75. The number of aliphatic hydroxyl groups excluding tert-OH is 1. The average Bonchev–Trinajstić information content (AvgIpc) is 2.58. The van der Waals surface area contributed by atoms with Crippen molar-refractivity contribution in [1.29, 1.82) is 0 Å². The number of aliphatic hydroxyl groups is 1. The van der Waals surface area contributed by atoms with Crippen LogP contribution in [0.2, 0.25) is 0 Å². The third-order valence-corrected chi connectivity index (χ3v) is 5.10. The van der Waals surface area contributed by atoms with Crippen molar-refractivity contribution in [2.45, 2.75) is 37.0 Å². The zero-order chi connectivity index (χ0) is 12.8. The van der Waals surface area contributed by atoms with Crippen LogP contribution < -0.4 is 5.32 Å². The Hall–Kier alpha value is -0.510. The lowest BCUT2D eigenvalue weighted by Crippen LogP contribution is -2.27. The van der Waals surface area contributed by atoms with Crippen LogP contribution in [0, 0.1) is 0 Å². The summed E-state index contributed by atoms with van der Waals surface area (Å²) in [5.41, 5.74) is 2.97. The molecule has 0 amide bonds. The van der Waals surface area contributed by atoms with Gasteiger partial charge in [-0.3, -0.25) is 0 Å². The van der Waals surface area contributed by atoms with Crippen molar-refractivity contribution in [2.24, 2.45) is 0 Å². The molecule has 1 aliphatic rings. The van der Waals surface area contributed by atoms with E-state index in [1.54, 1.807) is 0 Å². The Labute approximate surface area is 114 Å². The molecule has 2 unspecified atom stereocenters. The minimum atomic E-state index is 0.306. The molecule has 0 spiro atoms. The molecule has 2 atom stereocenters. The van der Waals surface area contributed by atoms with Crippen molar-refractivity contribution < 1.29 is 5.11 Å². The number of aryl methyl sites for hydroxylation is 1. The number of thioether (sulfide) groups is 1. The molecule has 100 valence electrons. The lowest BCUT2D eigenvalue weighted by atomic mass is 9.99. The predicted octanol–water partition coefficient (Wildman–Crippen LogP) is 2.77. The van der Waals surface area contributed by atoms with Gasteiger partial charge in [-0.15, -0.1) is 0 Å². The van der Waals surface area contributed by atoms with Crippen LogP contribution in [0.5, 0.6) is 0 Å². The standard InChI is InChI=1S/C15H23NOS/c1-16-15-13-8-3-2-6-12(13)7-4-9-14(15)18-11-5-10-17/h2-3,6,8,14-17H,4-5,7,9-11H2,1H3. The number of nitrogens with one attached hydrogen (secondary N) is 1. The SMILES string of the molecule is CNC1c2ccccc2CCCC1SCCCO. The van der Waals surface area contributed by atoms with Gasteiger partial charge in [-0.05, 0) is 49.6 Å². The lowest BCUT2D eigenvalue weighted by Gasteiger charge is -2.26. The summed E-state index contributed by atoms with van der Waals surface area (Å²) in [4.78, 5) is 0. The molecule has 0 fully saturated rings. The molecule has 0 radical (unpaired) electrons. The van der Waals surface area contributed by atoms with Gasteiger partial charge in [0, 0.05) is 17.9 Å². The third kappa shape index (κ3) is 3.28. The van der Waals surface area contributed by atoms with E-state index in [-0.39, 0.29) is 0 Å². The highest BCUT2D eigenvalue weighted by molar-refractivity contribution is 7.99. The molecule has 2 nitrogen and oxygen atoms in total. The first-order chi connectivity index (χ1) is 8.86. The zero-order valence-corrected chi connectivity index (χ0v) is 11.9. The Bertz CT molecular complexity index is 369. The van der Waals surface area contributed by atoms with Gasteiger partial charge >= 0.3 is 0 Å². The van der Waals surface area contributed by atoms with Crippen molar-refractivity contribution in [3.05, 3.63) is 35.4 Å². The summed E-state index contributed by atoms with van der Waals surface area (Å²) in [7, 11) is 2.06.